The molecule has 14 heavy (non-hydrogen) atoms. The van der Waals surface area contributed by atoms with E-state index in [4.69, 9.17) is 14.2 Å². The van der Waals surface area contributed by atoms with Crippen molar-refractivity contribution in [3.8, 4) is 0 Å². The van der Waals surface area contributed by atoms with E-state index in [9.17, 15) is 0 Å². The maximum Gasteiger partial charge on any atom is 0.0701 e. The van der Waals surface area contributed by atoms with Gasteiger partial charge in [0.05, 0.1) is 33.0 Å². The molecule has 1 rings (SSSR count). The van der Waals surface area contributed by atoms with Crippen molar-refractivity contribution in [2.24, 2.45) is 0 Å². The Morgan fingerprint density at radius 1 is 1.07 bits per heavy atom. The first-order valence-corrected chi connectivity index (χ1v) is 5.39. The highest BCUT2D eigenvalue weighted by atomic mass is 16.5. The minimum atomic E-state index is 0.707. The van der Waals surface area contributed by atoms with Gasteiger partial charge < -0.3 is 14.2 Å². The molecule has 0 radical (unpaired) electrons. The number of hydrogen-bond acceptors (Lipinski definition) is 4. The first-order valence-electron chi connectivity index (χ1n) is 5.39. The third kappa shape index (κ3) is 5.54. The predicted molar refractivity (Wildman–Crippen MR) is 54.6 cm³/mol. The van der Waals surface area contributed by atoms with Crippen LogP contribution < -0.4 is 0 Å². The topological polar surface area (TPSA) is 30.9 Å². The molecule has 1 fully saturated rings. The van der Waals surface area contributed by atoms with Crippen molar-refractivity contribution in [2.75, 3.05) is 59.3 Å². The summed E-state index contributed by atoms with van der Waals surface area (Å²) in [5.41, 5.74) is 0. The highest BCUT2D eigenvalue weighted by Gasteiger charge is 2.08. The monoisotopic (exact) mass is 203 g/mol. The molecule has 4 heteroatoms. The molecule has 0 spiro atoms. The fourth-order valence-electron chi connectivity index (χ4n) is 1.38. The van der Waals surface area contributed by atoms with Gasteiger partial charge in [0, 0.05) is 26.2 Å². The van der Waals surface area contributed by atoms with Crippen LogP contribution in [0.3, 0.4) is 0 Å². The summed E-state index contributed by atoms with van der Waals surface area (Å²) in [6.45, 7) is 9.78. The van der Waals surface area contributed by atoms with Gasteiger partial charge in [-0.3, -0.25) is 4.90 Å². The Bertz CT molecular complexity index is 127. The van der Waals surface area contributed by atoms with Crippen LogP contribution in [0.1, 0.15) is 6.92 Å². The fraction of sp³-hybridized carbons (Fsp3) is 1.00. The molecule has 0 saturated carbocycles. The van der Waals surface area contributed by atoms with E-state index in [2.05, 4.69) is 4.90 Å². The van der Waals surface area contributed by atoms with Crippen molar-refractivity contribution < 1.29 is 14.2 Å². The lowest BCUT2D eigenvalue weighted by Gasteiger charge is -2.26. The molecule has 1 aliphatic heterocycles. The molecule has 0 aromatic rings. The van der Waals surface area contributed by atoms with Crippen molar-refractivity contribution in [3.63, 3.8) is 0 Å². The molecule has 0 amide bonds. The summed E-state index contributed by atoms with van der Waals surface area (Å²) in [5, 5.41) is 0. The summed E-state index contributed by atoms with van der Waals surface area (Å²) in [5.74, 6) is 0. The Morgan fingerprint density at radius 2 is 1.79 bits per heavy atom. The Labute approximate surface area is 86.1 Å². The Hall–Kier alpha value is -0.160. The quantitative estimate of drug-likeness (QED) is 0.559. The van der Waals surface area contributed by atoms with Crippen LogP contribution in [0, 0.1) is 0 Å². The zero-order valence-corrected chi connectivity index (χ0v) is 9.04. The molecule has 4 nitrogen and oxygen atoms in total. The minimum Gasteiger partial charge on any atom is -0.379 e. The molecular weight excluding hydrogens is 182 g/mol. The van der Waals surface area contributed by atoms with Crippen LogP contribution in [-0.4, -0.2) is 64.2 Å². The third-order valence-electron chi connectivity index (χ3n) is 2.23. The maximum atomic E-state index is 5.43. The van der Waals surface area contributed by atoms with Gasteiger partial charge >= 0.3 is 0 Å². The lowest BCUT2D eigenvalue weighted by Crippen LogP contribution is -2.38. The van der Waals surface area contributed by atoms with Gasteiger partial charge in [-0.25, -0.2) is 0 Å². The molecule has 1 heterocycles. The lowest BCUT2D eigenvalue weighted by atomic mass is 10.4. The molecule has 0 aromatic heterocycles. The number of morpholine rings is 1. The van der Waals surface area contributed by atoms with E-state index in [0.29, 0.717) is 13.2 Å². The molecule has 84 valence electrons. The zero-order valence-electron chi connectivity index (χ0n) is 9.04. The standard InChI is InChI=1S/C10H21NO3/c1-2-12-9-10-14-8-5-11-3-6-13-7-4-11/h2-10H2,1H3. The van der Waals surface area contributed by atoms with E-state index in [0.717, 1.165) is 46.1 Å². The van der Waals surface area contributed by atoms with Gasteiger partial charge in [0.15, 0.2) is 0 Å². The largest absolute Gasteiger partial charge is 0.379 e. The third-order valence-corrected chi connectivity index (χ3v) is 2.23. The summed E-state index contributed by atoms with van der Waals surface area (Å²) in [6.07, 6.45) is 0. The highest BCUT2D eigenvalue weighted by Crippen LogP contribution is 1.95. The predicted octanol–water partition coefficient (Wildman–Crippen LogP) is 0.372. The van der Waals surface area contributed by atoms with Crippen LogP contribution >= 0.6 is 0 Å². The van der Waals surface area contributed by atoms with E-state index in [1.54, 1.807) is 0 Å². The van der Waals surface area contributed by atoms with Crippen molar-refractivity contribution >= 4 is 0 Å². The van der Waals surface area contributed by atoms with Crippen LogP contribution in [0.5, 0.6) is 0 Å². The molecule has 0 unspecified atom stereocenters. The van der Waals surface area contributed by atoms with E-state index in [1.807, 2.05) is 6.92 Å². The van der Waals surface area contributed by atoms with Gasteiger partial charge in [-0.2, -0.15) is 0 Å². The zero-order chi connectivity index (χ0) is 10.1. The molecule has 0 aromatic carbocycles. The van der Waals surface area contributed by atoms with Crippen LogP contribution in [-0.2, 0) is 14.2 Å². The molecule has 1 saturated heterocycles. The van der Waals surface area contributed by atoms with Crippen LogP contribution in [0.15, 0.2) is 0 Å². The molecular formula is C10H21NO3. The average Bonchev–Trinajstić information content (AvgIpc) is 2.25. The van der Waals surface area contributed by atoms with E-state index < -0.39 is 0 Å². The molecule has 0 atom stereocenters. The normalized spacial score (nSPS) is 18.6. The second-order valence-corrected chi connectivity index (χ2v) is 3.26. The van der Waals surface area contributed by atoms with Gasteiger partial charge in [-0.15, -0.1) is 0 Å². The Balaban J connectivity index is 1.82. The molecule has 0 aliphatic carbocycles. The molecule has 0 bridgehead atoms. The van der Waals surface area contributed by atoms with Crippen LogP contribution in [0.25, 0.3) is 0 Å². The summed E-state index contributed by atoms with van der Waals surface area (Å²) >= 11 is 0. The average molecular weight is 203 g/mol. The van der Waals surface area contributed by atoms with Gasteiger partial charge in [0.2, 0.25) is 0 Å². The second-order valence-electron chi connectivity index (χ2n) is 3.26. The first-order chi connectivity index (χ1) is 6.93. The summed E-state index contributed by atoms with van der Waals surface area (Å²) in [7, 11) is 0. The minimum absolute atomic E-state index is 0.707. The highest BCUT2D eigenvalue weighted by molar-refractivity contribution is 4.60. The summed E-state index contributed by atoms with van der Waals surface area (Å²) in [6, 6.07) is 0. The van der Waals surface area contributed by atoms with E-state index in [1.165, 1.54) is 0 Å². The van der Waals surface area contributed by atoms with E-state index >= 15 is 0 Å². The van der Waals surface area contributed by atoms with Crippen molar-refractivity contribution in [2.45, 2.75) is 6.92 Å². The first kappa shape index (κ1) is 11.9. The van der Waals surface area contributed by atoms with Crippen LogP contribution in [0.2, 0.25) is 0 Å². The van der Waals surface area contributed by atoms with Gasteiger partial charge in [-0.05, 0) is 6.92 Å². The van der Waals surface area contributed by atoms with Crippen molar-refractivity contribution in [3.05, 3.63) is 0 Å². The van der Waals surface area contributed by atoms with Gasteiger partial charge in [-0.1, -0.05) is 0 Å². The number of ether oxygens (including phenoxy) is 3. The maximum absolute atomic E-state index is 5.43. The molecule has 0 N–H and O–H groups in total. The van der Waals surface area contributed by atoms with Gasteiger partial charge in [0.1, 0.15) is 0 Å². The summed E-state index contributed by atoms with van der Waals surface area (Å²) in [4.78, 5) is 2.37. The molecule has 1 aliphatic rings. The van der Waals surface area contributed by atoms with Crippen molar-refractivity contribution in [1.29, 1.82) is 0 Å². The second kappa shape index (κ2) is 8.17. The SMILES string of the molecule is CCOCCOCCN1CCOCC1. The van der Waals surface area contributed by atoms with E-state index in [-0.39, 0.29) is 0 Å². The van der Waals surface area contributed by atoms with Crippen LogP contribution in [0.4, 0.5) is 0 Å². The number of nitrogens with zero attached hydrogens (tertiary/aromatic N) is 1. The Morgan fingerprint density at radius 3 is 2.50 bits per heavy atom. The van der Waals surface area contributed by atoms with Gasteiger partial charge in [0.25, 0.3) is 0 Å². The fourth-order valence-corrected chi connectivity index (χ4v) is 1.38. The Kier molecular flexibility index (Phi) is 6.95. The van der Waals surface area contributed by atoms with Crippen molar-refractivity contribution in [1.82, 2.24) is 4.90 Å². The smallest absolute Gasteiger partial charge is 0.0701 e. The lowest BCUT2D eigenvalue weighted by molar-refractivity contribution is 0.00922. The summed E-state index contributed by atoms with van der Waals surface area (Å²) < 4.78 is 15.9. The number of rotatable bonds is 7. The number of hydrogen-bond donors (Lipinski definition) is 0.